The maximum Gasteiger partial charge on any atom is 0.271 e. The van der Waals surface area contributed by atoms with Crippen LogP contribution in [0.5, 0.6) is 0 Å². The zero-order valence-electron chi connectivity index (χ0n) is 13.8. The lowest BCUT2D eigenvalue weighted by molar-refractivity contribution is -0.646. The van der Waals surface area contributed by atoms with Crippen molar-refractivity contribution in [3.63, 3.8) is 0 Å². The predicted molar refractivity (Wildman–Crippen MR) is 93.5 cm³/mol. The van der Waals surface area contributed by atoms with Crippen LogP contribution in [0.25, 0.3) is 10.2 Å². The maximum absolute atomic E-state index is 10.5. The van der Waals surface area contributed by atoms with Crippen LogP contribution in [0.4, 0.5) is 5.69 Å². The van der Waals surface area contributed by atoms with Crippen LogP contribution in [0.2, 0.25) is 0 Å². The smallest absolute Gasteiger partial charge is 0.271 e. The molecule has 0 saturated carbocycles. The highest BCUT2D eigenvalue weighted by Crippen LogP contribution is 2.24. The van der Waals surface area contributed by atoms with Gasteiger partial charge < -0.3 is 4.55 Å². The summed E-state index contributed by atoms with van der Waals surface area (Å²) in [5, 5.41) is 11.7. The Bertz CT molecular complexity index is 1020. The number of aryl methyl sites for hydroxylation is 3. The first-order valence-electron chi connectivity index (χ1n) is 7.15. The number of nitro benzene ring substituents is 1. The number of non-ortho nitro benzene ring substituents is 1. The van der Waals surface area contributed by atoms with Crippen LogP contribution < -0.4 is 4.57 Å². The van der Waals surface area contributed by atoms with Gasteiger partial charge in [0.25, 0.3) is 5.69 Å². The number of hydrogen-bond donors (Lipinski definition) is 0. The molecule has 0 saturated heterocycles. The fourth-order valence-corrected chi connectivity index (χ4v) is 3.59. The Kier molecular flexibility index (Phi) is 5.51. The van der Waals surface area contributed by atoms with E-state index >= 15 is 0 Å². The Balaban J connectivity index is 0.000000186. The van der Waals surface area contributed by atoms with Crippen molar-refractivity contribution in [2.24, 2.45) is 7.05 Å². The van der Waals surface area contributed by atoms with Gasteiger partial charge in [-0.05, 0) is 19.1 Å². The summed E-state index contributed by atoms with van der Waals surface area (Å²) >= 11 is 1.57. The van der Waals surface area contributed by atoms with Gasteiger partial charge in [-0.2, -0.15) is 4.57 Å². The van der Waals surface area contributed by atoms with Gasteiger partial charge in [-0.25, -0.2) is 8.42 Å². The SMILES string of the molecule is Cc1ccc(S(=O)(=O)[O-])cc1.Cc1sc2cc([N+](=O)[O-])ccc2[n+]1C. The molecule has 25 heavy (non-hydrogen) atoms. The fourth-order valence-electron chi connectivity index (χ4n) is 2.08. The molecular formula is C16H16N2O5S2. The van der Waals surface area contributed by atoms with Gasteiger partial charge in [0.05, 0.1) is 9.82 Å². The van der Waals surface area contributed by atoms with Crippen molar-refractivity contribution in [2.45, 2.75) is 18.7 Å². The summed E-state index contributed by atoms with van der Waals surface area (Å²) in [6.07, 6.45) is 0. The first-order chi connectivity index (χ1) is 11.6. The molecule has 0 amide bonds. The average molecular weight is 380 g/mol. The van der Waals surface area contributed by atoms with Crippen molar-refractivity contribution >= 4 is 37.4 Å². The molecule has 7 nitrogen and oxygen atoms in total. The lowest BCUT2D eigenvalue weighted by Crippen LogP contribution is -2.28. The molecule has 3 rings (SSSR count). The second-order valence-electron chi connectivity index (χ2n) is 5.36. The number of hydrogen-bond acceptors (Lipinski definition) is 6. The summed E-state index contributed by atoms with van der Waals surface area (Å²) in [6, 6.07) is 10.7. The van der Waals surface area contributed by atoms with Crippen molar-refractivity contribution in [1.29, 1.82) is 0 Å². The quantitative estimate of drug-likeness (QED) is 0.294. The highest BCUT2D eigenvalue weighted by atomic mass is 32.2. The third-order valence-corrected chi connectivity index (χ3v) is 5.52. The summed E-state index contributed by atoms with van der Waals surface area (Å²) in [6.45, 7) is 3.82. The molecular weight excluding hydrogens is 364 g/mol. The molecule has 0 aliphatic carbocycles. The van der Waals surface area contributed by atoms with Crippen molar-refractivity contribution in [3.05, 3.63) is 63.1 Å². The van der Waals surface area contributed by atoms with E-state index in [1.807, 2.05) is 25.5 Å². The number of aromatic nitrogens is 1. The third-order valence-electron chi connectivity index (χ3n) is 3.56. The monoisotopic (exact) mass is 380 g/mol. The zero-order chi connectivity index (χ0) is 18.8. The van der Waals surface area contributed by atoms with Crippen LogP contribution >= 0.6 is 11.3 Å². The molecule has 0 unspecified atom stereocenters. The van der Waals surface area contributed by atoms with Crippen molar-refractivity contribution in [1.82, 2.24) is 0 Å². The summed E-state index contributed by atoms with van der Waals surface area (Å²) in [4.78, 5) is 10.00. The fraction of sp³-hybridized carbons (Fsp3) is 0.188. The number of fused-ring (bicyclic) bond motifs is 1. The molecule has 3 aromatic rings. The first kappa shape index (κ1) is 19.0. The normalized spacial score (nSPS) is 11.0. The van der Waals surface area contributed by atoms with E-state index in [9.17, 15) is 23.1 Å². The molecule has 1 heterocycles. The maximum atomic E-state index is 10.5. The first-order valence-corrected chi connectivity index (χ1v) is 9.38. The van der Waals surface area contributed by atoms with Crippen LogP contribution in [0.3, 0.4) is 0 Å². The van der Waals surface area contributed by atoms with Gasteiger partial charge in [-0.1, -0.05) is 29.0 Å². The third kappa shape index (κ3) is 4.59. The largest absolute Gasteiger partial charge is 0.744 e. The Morgan fingerprint density at radius 2 is 1.68 bits per heavy atom. The number of benzene rings is 2. The molecule has 0 aliphatic heterocycles. The Hall–Kier alpha value is -2.36. The number of nitro groups is 1. The van der Waals surface area contributed by atoms with E-state index in [2.05, 4.69) is 0 Å². The van der Waals surface area contributed by atoms with Crippen molar-refractivity contribution in [2.75, 3.05) is 0 Å². The summed E-state index contributed by atoms with van der Waals surface area (Å²) in [7, 11) is -2.31. The van der Waals surface area contributed by atoms with Crippen molar-refractivity contribution in [3.8, 4) is 0 Å². The standard InChI is InChI=1S/C9H9N2O2S.C7H8O3S/c1-6-10(2)8-4-3-7(11(12)13)5-9(8)14-6;1-6-2-4-7(5-3-6)11(8,9)10/h3-5H,1-2H3;2-5H,1H3,(H,8,9,10)/q+1;/p-1. The Labute approximate surface area is 149 Å². The molecule has 132 valence electrons. The van der Waals surface area contributed by atoms with Gasteiger partial charge in [0.15, 0.2) is 0 Å². The van der Waals surface area contributed by atoms with Gasteiger partial charge in [0, 0.05) is 25.1 Å². The molecule has 0 radical (unpaired) electrons. The summed E-state index contributed by atoms with van der Waals surface area (Å²) in [5.74, 6) is 0. The average Bonchev–Trinajstić information content (AvgIpc) is 2.81. The molecule has 0 N–H and O–H groups in total. The highest BCUT2D eigenvalue weighted by Gasteiger charge is 2.16. The lowest BCUT2D eigenvalue weighted by Gasteiger charge is -2.05. The van der Waals surface area contributed by atoms with Crippen LogP contribution in [0.1, 0.15) is 10.6 Å². The van der Waals surface area contributed by atoms with Crippen molar-refractivity contribution < 1.29 is 22.5 Å². The molecule has 2 aromatic carbocycles. The number of thiazole rings is 1. The van der Waals surface area contributed by atoms with E-state index in [0.717, 1.165) is 20.8 Å². The van der Waals surface area contributed by atoms with Gasteiger partial charge in [-0.3, -0.25) is 10.1 Å². The second kappa shape index (κ2) is 7.26. The summed E-state index contributed by atoms with van der Waals surface area (Å²) in [5.41, 5.74) is 2.12. The van der Waals surface area contributed by atoms with E-state index in [4.69, 9.17) is 0 Å². The van der Waals surface area contributed by atoms with Crippen LogP contribution in [0, 0.1) is 24.0 Å². The Morgan fingerprint density at radius 3 is 2.20 bits per heavy atom. The minimum absolute atomic E-state index is 0.152. The summed E-state index contributed by atoms with van der Waals surface area (Å²) < 4.78 is 34.2. The number of nitrogens with zero attached hydrogens (tertiary/aromatic N) is 2. The molecule has 1 aromatic heterocycles. The van der Waals surface area contributed by atoms with Gasteiger partial charge in [-0.15, -0.1) is 0 Å². The Morgan fingerprint density at radius 1 is 1.08 bits per heavy atom. The van der Waals surface area contributed by atoms with Gasteiger partial charge >= 0.3 is 0 Å². The molecule has 0 bridgehead atoms. The topological polar surface area (TPSA) is 104 Å². The van der Waals surface area contributed by atoms with Crippen LogP contribution in [-0.2, 0) is 17.2 Å². The molecule has 0 atom stereocenters. The molecule has 0 spiro atoms. The lowest BCUT2D eigenvalue weighted by atomic mass is 10.2. The van der Waals surface area contributed by atoms with E-state index in [1.54, 1.807) is 35.6 Å². The van der Waals surface area contributed by atoms with Crippen LogP contribution in [0.15, 0.2) is 47.4 Å². The van der Waals surface area contributed by atoms with Gasteiger partial charge in [0.2, 0.25) is 10.5 Å². The minimum atomic E-state index is -4.27. The molecule has 0 aliphatic rings. The molecule has 9 heteroatoms. The second-order valence-corrected chi connectivity index (χ2v) is 7.97. The van der Waals surface area contributed by atoms with Gasteiger partial charge in [0.1, 0.15) is 21.9 Å². The number of rotatable bonds is 2. The minimum Gasteiger partial charge on any atom is -0.744 e. The molecule has 0 fully saturated rings. The zero-order valence-corrected chi connectivity index (χ0v) is 15.4. The van der Waals surface area contributed by atoms with Crippen LogP contribution in [-0.4, -0.2) is 17.9 Å². The predicted octanol–water partition coefficient (Wildman–Crippen LogP) is 2.84. The van der Waals surface area contributed by atoms with E-state index in [0.29, 0.717) is 0 Å². The van der Waals surface area contributed by atoms with E-state index in [1.165, 1.54) is 18.2 Å². The van der Waals surface area contributed by atoms with E-state index < -0.39 is 10.1 Å². The van der Waals surface area contributed by atoms with E-state index in [-0.39, 0.29) is 15.5 Å². The highest BCUT2D eigenvalue weighted by molar-refractivity contribution is 7.85.